The number of halogens is 2. The molecule has 0 radical (unpaired) electrons. The largest absolute Gasteiger partial charge is 0.396 e. The van der Waals surface area contributed by atoms with Crippen molar-refractivity contribution in [3.8, 4) is 0 Å². The van der Waals surface area contributed by atoms with Crippen molar-refractivity contribution in [1.82, 2.24) is 9.78 Å². The average Bonchev–Trinajstić information content (AvgIpc) is 2.35. The summed E-state index contributed by atoms with van der Waals surface area (Å²) in [5.41, 5.74) is 5.84. The highest BCUT2D eigenvalue weighted by Gasteiger charge is 2.01. The normalized spacial score (nSPS) is 10.9. The molecule has 0 aliphatic heterocycles. The topological polar surface area (TPSA) is 53.1 Å². The average molecular weight is 177 g/mol. The number of aromatic nitrogens is 2. The fraction of sp³-hybridized carbons (Fsp3) is 0.500. The molecule has 0 saturated carbocycles. The van der Waals surface area contributed by atoms with Gasteiger partial charge in [0.15, 0.2) is 0 Å². The van der Waals surface area contributed by atoms with Crippen LogP contribution < -0.4 is 5.73 Å². The van der Waals surface area contributed by atoms with Crippen LogP contribution in [0.3, 0.4) is 0 Å². The molecule has 68 valence electrons. The van der Waals surface area contributed by atoms with Crippen LogP contribution in [0.15, 0.2) is 12.4 Å². The number of nitrogens with zero attached hydrogens (tertiary/aromatic N) is 2. The van der Waals surface area contributed by atoms with Crippen molar-refractivity contribution < 1.29 is 13.5 Å². The fourth-order valence-corrected chi connectivity index (χ4v) is 0.737. The Kier molecular flexibility index (Phi) is 2.98. The number of nitrogens with two attached hydrogens (primary N) is 1. The van der Waals surface area contributed by atoms with Gasteiger partial charge in [-0.05, 0) is 0 Å². The minimum Gasteiger partial charge on any atom is -0.396 e. The third-order valence-corrected chi connectivity index (χ3v) is 1.22. The molecule has 2 N–H and O–H groups in total. The van der Waals surface area contributed by atoms with Crippen molar-refractivity contribution in [2.24, 2.45) is 0 Å². The molecular formula is C6H9F2N3O. The van der Waals surface area contributed by atoms with E-state index in [2.05, 4.69) is 9.84 Å². The van der Waals surface area contributed by atoms with E-state index in [0.29, 0.717) is 5.69 Å². The van der Waals surface area contributed by atoms with E-state index >= 15 is 0 Å². The van der Waals surface area contributed by atoms with Gasteiger partial charge < -0.3 is 10.5 Å². The van der Waals surface area contributed by atoms with Crippen molar-refractivity contribution in [1.29, 1.82) is 0 Å². The third-order valence-electron chi connectivity index (χ3n) is 1.22. The van der Waals surface area contributed by atoms with Crippen LogP contribution in [0.5, 0.6) is 0 Å². The van der Waals surface area contributed by atoms with E-state index in [-0.39, 0.29) is 13.2 Å². The lowest BCUT2D eigenvalue weighted by Gasteiger charge is -2.01. The zero-order valence-corrected chi connectivity index (χ0v) is 6.28. The monoisotopic (exact) mass is 177 g/mol. The molecule has 12 heavy (non-hydrogen) atoms. The second-order valence-corrected chi connectivity index (χ2v) is 2.17. The van der Waals surface area contributed by atoms with Gasteiger partial charge in [0.2, 0.25) is 0 Å². The highest BCUT2D eigenvalue weighted by Crippen LogP contribution is 1.99. The molecule has 0 aromatic carbocycles. The molecule has 0 fully saturated rings. The van der Waals surface area contributed by atoms with Gasteiger partial charge in [-0.1, -0.05) is 0 Å². The first-order valence-electron chi connectivity index (χ1n) is 3.36. The Bertz CT molecular complexity index is 238. The van der Waals surface area contributed by atoms with Crippen molar-refractivity contribution >= 4 is 5.69 Å². The van der Waals surface area contributed by atoms with Crippen LogP contribution in [0.4, 0.5) is 14.5 Å². The molecule has 0 aliphatic rings. The van der Waals surface area contributed by atoms with Crippen LogP contribution in [-0.4, -0.2) is 23.0 Å². The summed E-state index contributed by atoms with van der Waals surface area (Å²) >= 11 is 0. The fourth-order valence-electron chi connectivity index (χ4n) is 0.737. The summed E-state index contributed by atoms with van der Waals surface area (Å²) in [5.74, 6) is 0. The predicted octanol–water partition coefficient (Wildman–Crippen LogP) is 0.704. The van der Waals surface area contributed by atoms with E-state index in [4.69, 9.17) is 5.73 Å². The number of anilines is 1. The quantitative estimate of drug-likeness (QED) is 0.736. The lowest BCUT2D eigenvalue weighted by Crippen LogP contribution is -2.09. The first-order chi connectivity index (χ1) is 5.68. The molecule has 0 spiro atoms. The van der Waals surface area contributed by atoms with E-state index in [9.17, 15) is 8.78 Å². The van der Waals surface area contributed by atoms with Crippen molar-refractivity contribution in [2.75, 3.05) is 12.3 Å². The predicted molar refractivity (Wildman–Crippen MR) is 38.6 cm³/mol. The van der Waals surface area contributed by atoms with Gasteiger partial charge in [0.05, 0.1) is 25.0 Å². The van der Waals surface area contributed by atoms with Gasteiger partial charge >= 0.3 is 6.61 Å². The zero-order valence-electron chi connectivity index (χ0n) is 6.28. The van der Waals surface area contributed by atoms with Crippen LogP contribution in [-0.2, 0) is 11.3 Å². The third kappa shape index (κ3) is 2.83. The van der Waals surface area contributed by atoms with Crippen molar-refractivity contribution in [2.45, 2.75) is 13.2 Å². The highest BCUT2D eigenvalue weighted by atomic mass is 19.3. The zero-order chi connectivity index (χ0) is 8.97. The molecule has 1 heterocycles. The number of alkyl halides is 2. The molecule has 1 aromatic heterocycles. The first-order valence-corrected chi connectivity index (χ1v) is 3.36. The Morgan fingerprint density at radius 2 is 2.42 bits per heavy atom. The number of hydrogen-bond donors (Lipinski definition) is 1. The maximum atomic E-state index is 11.5. The lowest BCUT2D eigenvalue weighted by atomic mass is 10.6. The minimum atomic E-state index is -2.72. The Morgan fingerprint density at radius 1 is 1.67 bits per heavy atom. The molecule has 4 nitrogen and oxygen atoms in total. The van der Waals surface area contributed by atoms with Crippen LogP contribution in [0.1, 0.15) is 0 Å². The van der Waals surface area contributed by atoms with Gasteiger partial charge in [-0.3, -0.25) is 4.68 Å². The van der Waals surface area contributed by atoms with Crippen LogP contribution in [0.2, 0.25) is 0 Å². The molecule has 0 unspecified atom stereocenters. The van der Waals surface area contributed by atoms with Crippen LogP contribution >= 0.6 is 0 Å². The molecule has 0 atom stereocenters. The Morgan fingerprint density at radius 3 is 2.92 bits per heavy atom. The number of rotatable bonds is 4. The summed E-state index contributed by atoms with van der Waals surface area (Å²) in [6.45, 7) is -2.52. The van der Waals surface area contributed by atoms with E-state index in [1.165, 1.54) is 10.9 Å². The summed E-state index contributed by atoms with van der Waals surface area (Å²) in [6.07, 6.45) is 3.00. The summed E-state index contributed by atoms with van der Waals surface area (Å²) < 4.78 is 28.4. The lowest BCUT2D eigenvalue weighted by molar-refractivity contribution is -0.130. The molecule has 0 bridgehead atoms. The second kappa shape index (κ2) is 4.01. The number of hydrogen-bond acceptors (Lipinski definition) is 3. The molecule has 6 heteroatoms. The molecule has 1 rings (SSSR count). The standard InChI is InChI=1S/C6H9F2N3O/c7-6(8)12-2-1-11-4-5(9)3-10-11/h3-4,6H,1-2,9H2. The summed E-state index contributed by atoms with van der Waals surface area (Å²) in [5, 5.41) is 3.78. The summed E-state index contributed by atoms with van der Waals surface area (Å²) in [4.78, 5) is 0. The molecular weight excluding hydrogens is 168 g/mol. The Balaban J connectivity index is 2.24. The van der Waals surface area contributed by atoms with Gasteiger partial charge in [-0.15, -0.1) is 0 Å². The van der Waals surface area contributed by atoms with E-state index in [0.717, 1.165) is 0 Å². The van der Waals surface area contributed by atoms with Crippen molar-refractivity contribution in [3.63, 3.8) is 0 Å². The highest BCUT2D eigenvalue weighted by molar-refractivity contribution is 5.30. The summed E-state index contributed by atoms with van der Waals surface area (Å²) in [7, 11) is 0. The van der Waals surface area contributed by atoms with Gasteiger partial charge in [0.1, 0.15) is 0 Å². The smallest absolute Gasteiger partial charge is 0.345 e. The van der Waals surface area contributed by atoms with Gasteiger partial charge in [-0.25, -0.2) is 0 Å². The molecule has 0 aliphatic carbocycles. The molecule has 1 aromatic rings. The van der Waals surface area contributed by atoms with Gasteiger partial charge in [0, 0.05) is 6.20 Å². The molecule has 0 amide bonds. The van der Waals surface area contributed by atoms with E-state index in [1.807, 2.05) is 0 Å². The Labute approximate surface area is 67.9 Å². The van der Waals surface area contributed by atoms with Crippen molar-refractivity contribution in [3.05, 3.63) is 12.4 Å². The second-order valence-electron chi connectivity index (χ2n) is 2.17. The number of ether oxygens (including phenoxy) is 1. The summed E-state index contributed by atoms with van der Waals surface area (Å²) in [6, 6.07) is 0. The van der Waals surface area contributed by atoms with Crippen LogP contribution in [0, 0.1) is 0 Å². The van der Waals surface area contributed by atoms with E-state index < -0.39 is 6.61 Å². The maximum Gasteiger partial charge on any atom is 0.345 e. The van der Waals surface area contributed by atoms with E-state index in [1.54, 1.807) is 6.20 Å². The first kappa shape index (κ1) is 8.92. The van der Waals surface area contributed by atoms with Gasteiger partial charge in [-0.2, -0.15) is 13.9 Å². The maximum absolute atomic E-state index is 11.5. The SMILES string of the molecule is Nc1cnn(CCOC(F)F)c1. The Hall–Kier alpha value is -1.17. The minimum absolute atomic E-state index is 0.0706. The van der Waals surface area contributed by atoms with Crippen LogP contribution in [0.25, 0.3) is 0 Å². The number of nitrogen functional groups attached to an aromatic ring is 1. The van der Waals surface area contributed by atoms with Gasteiger partial charge in [0.25, 0.3) is 0 Å². The molecule has 0 saturated heterocycles.